The molecule has 2 rings (SSSR count). The molecule has 0 radical (unpaired) electrons. The minimum atomic E-state index is -0.783. The van der Waals surface area contributed by atoms with Crippen molar-refractivity contribution in [3.05, 3.63) is 29.0 Å². The smallest absolute Gasteiger partial charge is 0.357 e. The quantitative estimate of drug-likeness (QED) is 0.820. The summed E-state index contributed by atoms with van der Waals surface area (Å²) < 4.78 is 4.76. The molecule has 1 aromatic rings. The van der Waals surface area contributed by atoms with Crippen molar-refractivity contribution in [1.29, 1.82) is 0 Å². The van der Waals surface area contributed by atoms with E-state index in [4.69, 9.17) is 16.3 Å². The predicted molar refractivity (Wildman–Crippen MR) is 78.5 cm³/mol. The Hall–Kier alpha value is -2.15. The lowest BCUT2D eigenvalue weighted by Crippen LogP contribution is -2.45. The first-order valence-corrected chi connectivity index (χ1v) is 7.31. The Balaban J connectivity index is 1.72. The van der Waals surface area contributed by atoms with Crippen LogP contribution in [0.4, 0.5) is 4.79 Å². The Bertz CT molecular complexity index is 573. The molecule has 1 fully saturated rings. The van der Waals surface area contributed by atoms with E-state index in [9.17, 15) is 14.4 Å². The van der Waals surface area contributed by atoms with Crippen molar-refractivity contribution in [2.45, 2.75) is 31.7 Å². The third kappa shape index (κ3) is 5.00. The SMILES string of the molecule is O=C(COC(=O)c1cc(Cl)ccn1)NC(=O)NC1CCCC1. The highest BCUT2D eigenvalue weighted by Crippen LogP contribution is 2.17. The molecule has 2 N–H and O–H groups in total. The fraction of sp³-hybridized carbons (Fsp3) is 0.429. The second kappa shape index (κ2) is 7.74. The summed E-state index contributed by atoms with van der Waals surface area (Å²) in [5.74, 6) is -1.49. The number of nitrogens with one attached hydrogen (secondary N) is 2. The maximum absolute atomic E-state index is 11.6. The average molecular weight is 326 g/mol. The normalized spacial score (nSPS) is 14.4. The largest absolute Gasteiger partial charge is 0.451 e. The highest BCUT2D eigenvalue weighted by atomic mass is 35.5. The molecule has 1 saturated carbocycles. The molecule has 1 aromatic heterocycles. The van der Waals surface area contributed by atoms with E-state index >= 15 is 0 Å². The number of carbonyl (C=O) groups is 3. The van der Waals surface area contributed by atoms with Gasteiger partial charge in [-0.1, -0.05) is 24.4 Å². The van der Waals surface area contributed by atoms with Crippen LogP contribution < -0.4 is 10.6 Å². The first-order valence-electron chi connectivity index (χ1n) is 6.93. The van der Waals surface area contributed by atoms with Crippen LogP contribution in [-0.4, -0.2) is 35.5 Å². The number of imide groups is 1. The van der Waals surface area contributed by atoms with Crippen molar-refractivity contribution >= 4 is 29.5 Å². The van der Waals surface area contributed by atoms with E-state index in [1.165, 1.54) is 18.3 Å². The number of esters is 1. The molecule has 3 amide bonds. The minimum Gasteiger partial charge on any atom is -0.451 e. The number of rotatable bonds is 4. The highest BCUT2D eigenvalue weighted by Gasteiger charge is 2.19. The van der Waals surface area contributed by atoms with Gasteiger partial charge < -0.3 is 10.1 Å². The van der Waals surface area contributed by atoms with Gasteiger partial charge in [-0.2, -0.15) is 0 Å². The Morgan fingerprint density at radius 1 is 1.32 bits per heavy atom. The van der Waals surface area contributed by atoms with E-state index in [2.05, 4.69) is 15.6 Å². The van der Waals surface area contributed by atoms with Crippen molar-refractivity contribution in [3.8, 4) is 0 Å². The van der Waals surface area contributed by atoms with E-state index in [0.717, 1.165) is 25.7 Å². The van der Waals surface area contributed by atoms with Crippen LogP contribution in [0.1, 0.15) is 36.2 Å². The van der Waals surface area contributed by atoms with Crippen LogP contribution in [0.15, 0.2) is 18.3 Å². The molecule has 0 saturated heterocycles. The number of hydrogen-bond donors (Lipinski definition) is 2. The molecular weight excluding hydrogens is 310 g/mol. The molecular formula is C14H16ClN3O4. The van der Waals surface area contributed by atoms with Gasteiger partial charge in [-0.15, -0.1) is 0 Å². The van der Waals surface area contributed by atoms with Crippen LogP contribution in [-0.2, 0) is 9.53 Å². The molecule has 1 aliphatic rings. The zero-order valence-electron chi connectivity index (χ0n) is 11.8. The third-order valence-corrected chi connectivity index (χ3v) is 3.44. The molecule has 7 nitrogen and oxygen atoms in total. The number of halogens is 1. The standard InChI is InChI=1S/C14H16ClN3O4/c15-9-5-6-16-11(7-9)13(20)22-8-12(19)18-14(21)17-10-3-1-2-4-10/h5-7,10H,1-4,8H2,(H2,17,18,19,21). The number of amides is 3. The zero-order valence-corrected chi connectivity index (χ0v) is 12.6. The van der Waals surface area contributed by atoms with Crippen molar-refractivity contribution in [3.63, 3.8) is 0 Å². The molecule has 22 heavy (non-hydrogen) atoms. The van der Waals surface area contributed by atoms with Crippen LogP contribution in [0, 0.1) is 0 Å². The Kier molecular flexibility index (Phi) is 5.71. The van der Waals surface area contributed by atoms with Gasteiger partial charge in [0.25, 0.3) is 5.91 Å². The van der Waals surface area contributed by atoms with Gasteiger partial charge in [-0.25, -0.2) is 14.6 Å². The number of urea groups is 1. The van der Waals surface area contributed by atoms with Crippen LogP contribution in [0.25, 0.3) is 0 Å². The highest BCUT2D eigenvalue weighted by molar-refractivity contribution is 6.30. The van der Waals surface area contributed by atoms with Gasteiger partial charge in [0, 0.05) is 17.3 Å². The molecule has 0 bridgehead atoms. The van der Waals surface area contributed by atoms with Crippen LogP contribution >= 0.6 is 11.6 Å². The number of pyridine rings is 1. The minimum absolute atomic E-state index is 0.00397. The van der Waals surface area contributed by atoms with Gasteiger partial charge in [0.15, 0.2) is 6.61 Å². The average Bonchev–Trinajstić information content (AvgIpc) is 2.97. The lowest BCUT2D eigenvalue weighted by atomic mass is 10.2. The molecule has 0 spiro atoms. The first-order chi connectivity index (χ1) is 10.5. The van der Waals surface area contributed by atoms with Gasteiger partial charge in [0.05, 0.1) is 0 Å². The van der Waals surface area contributed by atoms with Crippen LogP contribution in [0.2, 0.25) is 5.02 Å². The Labute approximate surface area is 132 Å². The molecule has 118 valence electrons. The number of ether oxygens (including phenoxy) is 1. The molecule has 0 aliphatic heterocycles. The number of nitrogens with zero attached hydrogens (tertiary/aromatic N) is 1. The fourth-order valence-corrected chi connectivity index (χ4v) is 2.34. The summed E-state index contributed by atoms with van der Waals surface area (Å²) in [4.78, 5) is 38.5. The maximum Gasteiger partial charge on any atom is 0.357 e. The topological polar surface area (TPSA) is 97.4 Å². The fourth-order valence-electron chi connectivity index (χ4n) is 2.18. The van der Waals surface area contributed by atoms with Gasteiger partial charge in [0.2, 0.25) is 0 Å². The van der Waals surface area contributed by atoms with Crippen molar-refractivity contribution < 1.29 is 19.1 Å². The van der Waals surface area contributed by atoms with E-state index in [1.54, 1.807) is 0 Å². The first kappa shape index (κ1) is 16.2. The van der Waals surface area contributed by atoms with Crippen molar-refractivity contribution in [1.82, 2.24) is 15.6 Å². The van der Waals surface area contributed by atoms with Gasteiger partial charge >= 0.3 is 12.0 Å². The number of carbonyl (C=O) groups excluding carboxylic acids is 3. The van der Waals surface area contributed by atoms with Crippen molar-refractivity contribution in [2.75, 3.05) is 6.61 Å². The van der Waals surface area contributed by atoms with Crippen molar-refractivity contribution in [2.24, 2.45) is 0 Å². The Morgan fingerprint density at radius 3 is 2.73 bits per heavy atom. The lowest BCUT2D eigenvalue weighted by molar-refractivity contribution is -0.123. The van der Waals surface area contributed by atoms with Gasteiger partial charge in [-0.05, 0) is 25.0 Å². The van der Waals surface area contributed by atoms with E-state index in [1.807, 2.05) is 0 Å². The van der Waals surface area contributed by atoms with E-state index in [0.29, 0.717) is 5.02 Å². The summed E-state index contributed by atoms with van der Waals surface area (Å²) in [5.41, 5.74) is -0.00397. The lowest BCUT2D eigenvalue weighted by Gasteiger charge is -2.12. The molecule has 1 heterocycles. The maximum atomic E-state index is 11.6. The zero-order chi connectivity index (χ0) is 15.9. The molecule has 0 aromatic carbocycles. The van der Waals surface area contributed by atoms with E-state index in [-0.39, 0.29) is 11.7 Å². The monoisotopic (exact) mass is 325 g/mol. The molecule has 0 unspecified atom stereocenters. The summed E-state index contributed by atoms with van der Waals surface area (Å²) in [7, 11) is 0. The summed E-state index contributed by atoms with van der Waals surface area (Å²) in [5, 5.41) is 5.14. The Morgan fingerprint density at radius 2 is 2.05 bits per heavy atom. The second-order valence-electron chi connectivity index (χ2n) is 4.94. The van der Waals surface area contributed by atoms with Gasteiger partial charge in [-0.3, -0.25) is 10.1 Å². The van der Waals surface area contributed by atoms with Gasteiger partial charge in [0.1, 0.15) is 5.69 Å². The number of hydrogen-bond acceptors (Lipinski definition) is 5. The second-order valence-corrected chi connectivity index (χ2v) is 5.37. The van der Waals surface area contributed by atoms with Crippen LogP contribution in [0.3, 0.4) is 0 Å². The van der Waals surface area contributed by atoms with Crippen LogP contribution in [0.5, 0.6) is 0 Å². The summed E-state index contributed by atoms with van der Waals surface area (Å²) in [6.07, 6.45) is 5.33. The summed E-state index contributed by atoms with van der Waals surface area (Å²) in [6.45, 7) is -0.564. The molecule has 1 aliphatic carbocycles. The third-order valence-electron chi connectivity index (χ3n) is 3.21. The summed E-state index contributed by atoms with van der Waals surface area (Å²) in [6, 6.07) is 2.37. The van der Waals surface area contributed by atoms with E-state index < -0.39 is 24.5 Å². The number of aromatic nitrogens is 1. The molecule has 8 heteroatoms. The molecule has 0 atom stereocenters. The predicted octanol–water partition coefficient (Wildman–Crippen LogP) is 1.66. The summed E-state index contributed by atoms with van der Waals surface area (Å²) >= 11 is 5.72.